The third-order valence-electron chi connectivity index (χ3n) is 3.92. The standard InChI is InChI=1S/C19H23F2N3O3S.HI/c1-13(17-9-4-14(20)12-18(17)21)24-19(22-2)23-10-11-27-15-5-7-16(8-6-15)28(3,25)26;/h4-9,12-13H,10-11H2,1-3H3,(H2,22,23,24);1H. The summed E-state index contributed by atoms with van der Waals surface area (Å²) in [5.74, 6) is -0.278. The van der Waals surface area contributed by atoms with E-state index in [9.17, 15) is 17.2 Å². The maximum Gasteiger partial charge on any atom is 0.191 e. The molecule has 0 heterocycles. The molecular weight excluding hydrogens is 515 g/mol. The number of nitrogens with zero attached hydrogens (tertiary/aromatic N) is 1. The molecule has 0 fully saturated rings. The lowest BCUT2D eigenvalue weighted by Crippen LogP contribution is -2.40. The van der Waals surface area contributed by atoms with Crippen molar-refractivity contribution >= 4 is 39.8 Å². The van der Waals surface area contributed by atoms with E-state index in [0.717, 1.165) is 12.3 Å². The molecule has 0 aliphatic rings. The Morgan fingerprint density at radius 3 is 2.38 bits per heavy atom. The van der Waals surface area contributed by atoms with Crippen LogP contribution in [-0.4, -0.2) is 40.8 Å². The minimum atomic E-state index is -3.24. The fourth-order valence-electron chi connectivity index (χ4n) is 2.45. The van der Waals surface area contributed by atoms with Gasteiger partial charge in [-0.1, -0.05) is 6.07 Å². The zero-order valence-corrected chi connectivity index (χ0v) is 19.4. The summed E-state index contributed by atoms with van der Waals surface area (Å²) >= 11 is 0. The van der Waals surface area contributed by atoms with Gasteiger partial charge in [-0.2, -0.15) is 0 Å². The van der Waals surface area contributed by atoms with Crippen LogP contribution in [0.2, 0.25) is 0 Å². The van der Waals surface area contributed by atoms with Crippen molar-refractivity contribution in [2.24, 2.45) is 4.99 Å². The Morgan fingerprint density at radius 2 is 1.83 bits per heavy atom. The monoisotopic (exact) mass is 539 g/mol. The molecule has 160 valence electrons. The molecule has 2 N–H and O–H groups in total. The molecule has 29 heavy (non-hydrogen) atoms. The van der Waals surface area contributed by atoms with Gasteiger partial charge < -0.3 is 15.4 Å². The van der Waals surface area contributed by atoms with Crippen LogP contribution in [0.25, 0.3) is 0 Å². The lowest BCUT2D eigenvalue weighted by molar-refractivity contribution is 0.321. The molecule has 0 aromatic heterocycles. The van der Waals surface area contributed by atoms with Crippen LogP contribution < -0.4 is 15.4 Å². The van der Waals surface area contributed by atoms with E-state index >= 15 is 0 Å². The number of ether oxygens (including phenoxy) is 1. The maximum atomic E-state index is 13.9. The molecule has 0 aliphatic carbocycles. The van der Waals surface area contributed by atoms with Gasteiger partial charge in [0.15, 0.2) is 15.8 Å². The fraction of sp³-hybridized carbons (Fsp3) is 0.316. The number of nitrogens with one attached hydrogen (secondary N) is 2. The number of aliphatic imine (C=N–C) groups is 1. The molecule has 1 unspecified atom stereocenters. The van der Waals surface area contributed by atoms with Crippen LogP contribution >= 0.6 is 24.0 Å². The second-order valence-electron chi connectivity index (χ2n) is 6.12. The van der Waals surface area contributed by atoms with E-state index in [1.807, 2.05) is 0 Å². The summed E-state index contributed by atoms with van der Waals surface area (Å²) in [5, 5.41) is 6.05. The SMILES string of the molecule is CN=C(NCCOc1ccc(S(C)(=O)=O)cc1)NC(C)c1ccc(F)cc1F.I. The molecule has 1 atom stereocenters. The van der Waals surface area contributed by atoms with Crippen LogP contribution in [0.3, 0.4) is 0 Å². The molecule has 0 saturated carbocycles. The number of benzene rings is 2. The lowest BCUT2D eigenvalue weighted by atomic mass is 10.1. The first-order valence-electron chi connectivity index (χ1n) is 8.55. The van der Waals surface area contributed by atoms with Crippen molar-refractivity contribution in [3.8, 4) is 5.75 Å². The molecule has 2 aromatic carbocycles. The van der Waals surface area contributed by atoms with E-state index in [-0.39, 0.29) is 28.9 Å². The first-order valence-corrected chi connectivity index (χ1v) is 10.4. The minimum Gasteiger partial charge on any atom is -0.492 e. The smallest absolute Gasteiger partial charge is 0.191 e. The molecule has 0 radical (unpaired) electrons. The summed E-state index contributed by atoms with van der Waals surface area (Å²) < 4.78 is 55.3. The lowest BCUT2D eigenvalue weighted by Gasteiger charge is -2.19. The summed E-state index contributed by atoms with van der Waals surface area (Å²) in [6.45, 7) is 2.45. The van der Waals surface area contributed by atoms with Crippen LogP contribution in [-0.2, 0) is 9.84 Å². The van der Waals surface area contributed by atoms with Crippen molar-refractivity contribution in [3.05, 3.63) is 59.7 Å². The Balaban J connectivity index is 0.00000420. The van der Waals surface area contributed by atoms with Gasteiger partial charge in [0.1, 0.15) is 24.0 Å². The summed E-state index contributed by atoms with van der Waals surface area (Å²) in [7, 11) is -1.66. The molecule has 2 rings (SSSR count). The Hall–Kier alpha value is -1.95. The highest BCUT2D eigenvalue weighted by Crippen LogP contribution is 2.18. The van der Waals surface area contributed by atoms with E-state index in [1.54, 1.807) is 26.1 Å². The van der Waals surface area contributed by atoms with Crippen LogP contribution in [0.4, 0.5) is 8.78 Å². The largest absolute Gasteiger partial charge is 0.492 e. The molecule has 0 spiro atoms. The van der Waals surface area contributed by atoms with E-state index in [0.29, 0.717) is 30.4 Å². The number of halogens is 3. The molecular formula is C19H24F2IN3O3S. The van der Waals surface area contributed by atoms with E-state index in [2.05, 4.69) is 15.6 Å². The van der Waals surface area contributed by atoms with Gasteiger partial charge in [0.05, 0.1) is 17.5 Å². The van der Waals surface area contributed by atoms with Crippen LogP contribution in [0.5, 0.6) is 5.75 Å². The Kier molecular flexibility index (Phi) is 9.77. The third kappa shape index (κ3) is 7.77. The second-order valence-corrected chi connectivity index (χ2v) is 8.14. The minimum absolute atomic E-state index is 0. The highest BCUT2D eigenvalue weighted by Gasteiger charge is 2.13. The first kappa shape index (κ1) is 25.1. The van der Waals surface area contributed by atoms with Gasteiger partial charge >= 0.3 is 0 Å². The van der Waals surface area contributed by atoms with Gasteiger partial charge in [-0.3, -0.25) is 4.99 Å². The fourth-order valence-corrected chi connectivity index (χ4v) is 3.08. The zero-order chi connectivity index (χ0) is 20.7. The van der Waals surface area contributed by atoms with Gasteiger partial charge in [-0.15, -0.1) is 24.0 Å². The zero-order valence-electron chi connectivity index (χ0n) is 16.3. The second kappa shape index (κ2) is 11.3. The average Bonchev–Trinajstić information content (AvgIpc) is 2.63. The van der Waals surface area contributed by atoms with Crippen LogP contribution in [0, 0.1) is 11.6 Å². The molecule has 0 saturated heterocycles. The third-order valence-corrected chi connectivity index (χ3v) is 5.05. The Labute approximate surface area is 186 Å². The molecule has 10 heteroatoms. The number of hydrogen-bond donors (Lipinski definition) is 2. The van der Waals surface area contributed by atoms with Gasteiger partial charge in [-0.25, -0.2) is 17.2 Å². The molecule has 0 aliphatic heterocycles. The summed E-state index contributed by atoms with van der Waals surface area (Å²) in [6, 6.07) is 9.15. The summed E-state index contributed by atoms with van der Waals surface area (Å²) in [6.07, 6.45) is 1.14. The first-order chi connectivity index (χ1) is 13.2. The van der Waals surface area contributed by atoms with Gasteiger partial charge in [-0.05, 0) is 37.3 Å². The average molecular weight is 539 g/mol. The van der Waals surface area contributed by atoms with E-state index in [1.165, 1.54) is 24.3 Å². The van der Waals surface area contributed by atoms with Gasteiger partial charge in [0, 0.05) is 24.9 Å². The van der Waals surface area contributed by atoms with Crippen molar-refractivity contribution < 1.29 is 21.9 Å². The number of guanidine groups is 1. The highest BCUT2D eigenvalue weighted by atomic mass is 127. The van der Waals surface area contributed by atoms with E-state index in [4.69, 9.17) is 4.74 Å². The molecule has 2 aromatic rings. The molecule has 0 amide bonds. The van der Waals surface area contributed by atoms with Crippen LogP contribution in [0.15, 0.2) is 52.4 Å². The van der Waals surface area contributed by atoms with Crippen molar-refractivity contribution in [2.45, 2.75) is 17.9 Å². The number of hydrogen-bond acceptors (Lipinski definition) is 4. The van der Waals surface area contributed by atoms with Crippen molar-refractivity contribution in [2.75, 3.05) is 26.5 Å². The van der Waals surface area contributed by atoms with Gasteiger partial charge in [0.25, 0.3) is 0 Å². The summed E-state index contributed by atoms with van der Waals surface area (Å²) in [4.78, 5) is 4.29. The highest BCUT2D eigenvalue weighted by molar-refractivity contribution is 14.0. The molecule has 6 nitrogen and oxygen atoms in total. The quantitative estimate of drug-likeness (QED) is 0.245. The van der Waals surface area contributed by atoms with E-state index < -0.39 is 27.5 Å². The Bertz CT molecular complexity index is 938. The molecule has 0 bridgehead atoms. The summed E-state index contributed by atoms with van der Waals surface area (Å²) in [5.41, 5.74) is 0.326. The maximum absolute atomic E-state index is 13.9. The predicted molar refractivity (Wildman–Crippen MR) is 120 cm³/mol. The van der Waals surface area contributed by atoms with Crippen molar-refractivity contribution in [3.63, 3.8) is 0 Å². The van der Waals surface area contributed by atoms with Crippen molar-refractivity contribution in [1.82, 2.24) is 10.6 Å². The van der Waals surface area contributed by atoms with Crippen molar-refractivity contribution in [1.29, 1.82) is 0 Å². The topological polar surface area (TPSA) is 79.8 Å². The number of rotatable bonds is 7. The normalized spacial score (nSPS) is 12.7. The predicted octanol–water partition coefficient (Wildman–Crippen LogP) is 3.29. The number of sulfone groups is 1. The Morgan fingerprint density at radius 1 is 1.17 bits per heavy atom. The van der Waals surface area contributed by atoms with Crippen LogP contribution in [0.1, 0.15) is 18.5 Å². The van der Waals surface area contributed by atoms with Gasteiger partial charge in [0.2, 0.25) is 0 Å².